The zero-order chi connectivity index (χ0) is 21.9. The van der Waals surface area contributed by atoms with Crippen LogP contribution >= 0.6 is 0 Å². The van der Waals surface area contributed by atoms with Gasteiger partial charge in [0.1, 0.15) is 5.82 Å². The third-order valence-electron chi connectivity index (χ3n) is 6.06. The molecule has 2 aliphatic rings. The van der Waals surface area contributed by atoms with Gasteiger partial charge < -0.3 is 15.5 Å². The van der Waals surface area contributed by atoms with E-state index < -0.39 is 0 Å². The average molecular weight is 431 g/mol. The summed E-state index contributed by atoms with van der Waals surface area (Å²) in [6.07, 6.45) is 3.65. The first-order valence-electron chi connectivity index (χ1n) is 11.1. The summed E-state index contributed by atoms with van der Waals surface area (Å²) in [6.45, 7) is 1.12. The number of nitrogens with zero attached hydrogens (tertiary/aromatic N) is 3. The fraction of sp³-hybridized carbons (Fsp3) is 0.333. The van der Waals surface area contributed by atoms with Gasteiger partial charge in [-0.3, -0.25) is 9.89 Å². The van der Waals surface area contributed by atoms with E-state index in [0.717, 1.165) is 22.8 Å². The molecule has 1 aliphatic heterocycles. The summed E-state index contributed by atoms with van der Waals surface area (Å²) < 4.78 is 0. The van der Waals surface area contributed by atoms with Gasteiger partial charge in [-0.2, -0.15) is 5.10 Å². The molecule has 3 amide bonds. The minimum atomic E-state index is -0.123. The number of piperidine rings is 1. The summed E-state index contributed by atoms with van der Waals surface area (Å²) in [5.41, 5.74) is 2.44. The van der Waals surface area contributed by atoms with Crippen LogP contribution in [0.3, 0.4) is 0 Å². The summed E-state index contributed by atoms with van der Waals surface area (Å²) in [4.78, 5) is 31.5. The lowest BCUT2D eigenvalue weighted by atomic mass is 9.96. The SMILES string of the molecule is O=C(Nc1ccc(-c2n[nH]c(C3CC3)n2)cc1)C1CCN(C(=O)Nc2ccccc2)CC1. The molecule has 1 aromatic heterocycles. The van der Waals surface area contributed by atoms with E-state index in [1.807, 2.05) is 54.6 Å². The van der Waals surface area contributed by atoms with Gasteiger partial charge in [0, 0.05) is 41.9 Å². The van der Waals surface area contributed by atoms with Crippen molar-refractivity contribution >= 4 is 23.3 Å². The van der Waals surface area contributed by atoms with Crippen LogP contribution in [0.4, 0.5) is 16.2 Å². The van der Waals surface area contributed by atoms with E-state index in [1.165, 1.54) is 12.8 Å². The molecule has 0 spiro atoms. The van der Waals surface area contributed by atoms with Gasteiger partial charge in [-0.15, -0.1) is 0 Å². The first-order chi connectivity index (χ1) is 15.7. The molecule has 32 heavy (non-hydrogen) atoms. The van der Waals surface area contributed by atoms with Crippen LogP contribution in [0.25, 0.3) is 11.4 Å². The first kappa shape index (κ1) is 20.2. The van der Waals surface area contributed by atoms with E-state index in [9.17, 15) is 9.59 Å². The van der Waals surface area contributed by atoms with Gasteiger partial charge in [-0.25, -0.2) is 9.78 Å². The predicted molar refractivity (Wildman–Crippen MR) is 122 cm³/mol. The third kappa shape index (κ3) is 4.64. The Morgan fingerprint density at radius 2 is 1.56 bits per heavy atom. The Morgan fingerprint density at radius 3 is 2.25 bits per heavy atom. The molecular formula is C24H26N6O2. The molecule has 0 radical (unpaired) electrons. The van der Waals surface area contributed by atoms with Crippen LogP contribution in [0.2, 0.25) is 0 Å². The Balaban J connectivity index is 1.11. The number of hydrogen-bond donors (Lipinski definition) is 3. The van der Waals surface area contributed by atoms with Gasteiger partial charge in [0.25, 0.3) is 0 Å². The number of likely N-dealkylation sites (tertiary alicyclic amines) is 1. The quantitative estimate of drug-likeness (QED) is 0.563. The highest BCUT2D eigenvalue weighted by atomic mass is 16.2. The fourth-order valence-electron chi connectivity index (χ4n) is 3.96. The molecule has 8 nitrogen and oxygen atoms in total. The zero-order valence-corrected chi connectivity index (χ0v) is 17.8. The van der Waals surface area contributed by atoms with Crippen molar-refractivity contribution in [2.45, 2.75) is 31.6 Å². The van der Waals surface area contributed by atoms with Crippen molar-refractivity contribution in [3.8, 4) is 11.4 Å². The highest BCUT2D eigenvalue weighted by Crippen LogP contribution is 2.38. The number of amides is 3. The molecule has 3 N–H and O–H groups in total. The summed E-state index contributed by atoms with van der Waals surface area (Å²) in [6, 6.07) is 16.9. The number of aromatic amines is 1. The van der Waals surface area contributed by atoms with Crippen LogP contribution in [0.1, 0.15) is 37.4 Å². The lowest BCUT2D eigenvalue weighted by molar-refractivity contribution is -0.121. The molecule has 2 fully saturated rings. The second-order valence-electron chi connectivity index (χ2n) is 8.44. The van der Waals surface area contributed by atoms with E-state index in [1.54, 1.807) is 4.90 Å². The number of benzene rings is 2. The van der Waals surface area contributed by atoms with Gasteiger partial charge in [0.2, 0.25) is 5.91 Å². The van der Waals surface area contributed by atoms with Crippen LogP contribution in [-0.4, -0.2) is 45.1 Å². The monoisotopic (exact) mass is 430 g/mol. The minimum absolute atomic E-state index is 0.00483. The van der Waals surface area contributed by atoms with Gasteiger partial charge >= 0.3 is 6.03 Å². The standard InChI is InChI=1S/C24H26N6O2/c31-23(18-12-14-30(15-13-18)24(32)26-19-4-2-1-3-5-19)25-20-10-8-17(9-11-20)22-27-21(28-29-22)16-6-7-16/h1-5,8-11,16,18H,6-7,12-15H2,(H,25,31)(H,26,32)(H,27,28,29). The predicted octanol–water partition coefficient (Wildman–Crippen LogP) is 4.23. The number of hydrogen-bond acceptors (Lipinski definition) is 4. The number of nitrogens with one attached hydrogen (secondary N) is 3. The molecule has 0 unspecified atom stereocenters. The van der Waals surface area contributed by atoms with Crippen LogP contribution in [0.15, 0.2) is 54.6 Å². The number of anilines is 2. The molecule has 2 aromatic carbocycles. The molecule has 0 atom stereocenters. The molecule has 1 aliphatic carbocycles. The van der Waals surface area contributed by atoms with Gasteiger partial charge in [0.15, 0.2) is 5.82 Å². The van der Waals surface area contributed by atoms with Crippen molar-refractivity contribution < 1.29 is 9.59 Å². The van der Waals surface area contributed by atoms with Crippen molar-refractivity contribution in [2.75, 3.05) is 23.7 Å². The lowest BCUT2D eigenvalue weighted by Gasteiger charge is -2.31. The Morgan fingerprint density at radius 1 is 0.875 bits per heavy atom. The van der Waals surface area contributed by atoms with Gasteiger partial charge in [0.05, 0.1) is 0 Å². The summed E-state index contributed by atoms with van der Waals surface area (Å²) >= 11 is 0. The minimum Gasteiger partial charge on any atom is -0.326 e. The van der Waals surface area contributed by atoms with Crippen molar-refractivity contribution in [2.24, 2.45) is 5.92 Å². The normalized spacial score (nSPS) is 16.6. The molecule has 5 rings (SSSR count). The van der Waals surface area contributed by atoms with Gasteiger partial charge in [-0.1, -0.05) is 18.2 Å². The Labute approximate surface area is 186 Å². The average Bonchev–Trinajstić information content (AvgIpc) is 3.57. The number of aromatic nitrogens is 3. The number of rotatable bonds is 5. The Hall–Kier alpha value is -3.68. The molecule has 3 aromatic rings. The summed E-state index contributed by atoms with van der Waals surface area (Å²) in [7, 11) is 0. The van der Waals surface area contributed by atoms with E-state index >= 15 is 0 Å². The van der Waals surface area contributed by atoms with Crippen molar-refractivity contribution in [1.29, 1.82) is 0 Å². The fourth-order valence-corrected chi connectivity index (χ4v) is 3.96. The van der Waals surface area contributed by atoms with E-state index in [0.29, 0.717) is 37.7 Å². The highest BCUT2D eigenvalue weighted by Gasteiger charge is 2.28. The highest BCUT2D eigenvalue weighted by molar-refractivity contribution is 5.93. The van der Waals surface area contributed by atoms with E-state index in [2.05, 4.69) is 25.8 Å². The molecule has 164 valence electrons. The molecule has 1 saturated heterocycles. The van der Waals surface area contributed by atoms with E-state index in [-0.39, 0.29) is 17.9 Å². The maximum Gasteiger partial charge on any atom is 0.321 e. The number of urea groups is 1. The Bertz CT molecular complexity index is 1080. The maximum atomic E-state index is 12.7. The summed E-state index contributed by atoms with van der Waals surface area (Å²) in [5, 5.41) is 13.2. The van der Waals surface area contributed by atoms with Crippen molar-refractivity contribution in [3.05, 3.63) is 60.4 Å². The van der Waals surface area contributed by atoms with Crippen LogP contribution in [-0.2, 0) is 4.79 Å². The second-order valence-corrected chi connectivity index (χ2v) is 8.44. The molecule has 2 heterocycles. The van der Waals surface area contributed by atoms with Crippen LogP contribution in [0.5, 0.6) is 0 Å². The molecule has 1 saturated carbocycles. The zero-order valence-electron chi connectivity index (χ0n) is 17.8. The first-order valence-corrected chi connectivity index (χ1v) is 11.1. The van der Waals surface area contributed by atoms with E-state index in [4.69, 9.17) is 0 Å². The Kier molecular flexibility index (Phi) is 5.58. The number of para-hydroxylation sites is 1. The van der Waals surface area contributed by atoms with Crippen LogP contribution in [0, 0.1) is 5.92 Å². The maximum absolute atomic E-state index is 12.7. The van der Waals surface area contributed by atoms with Crippen molar-refractivity contribution in [3.63, 3.8) is 0 Å². The topological polar surface area (TPSA) is 103 Å². The number of carbonyl (C=O) groups is 2. The number of carbonyl (C=O) groups excluding carboxylic acids is 2. The second kappa shape index (κ2) is 8.82. The van der Waals surface area contributed by atoms with Gasteiger partial charge in [-0.05, 0) is 62.1 Å². The van der Waals surface area contributed by atoms with Crippen LogP contribution < -0.4 is 10.6 Å². The molecular weight excluding hydrogens is 404 g/mol. The largest absolute Gasteiger partial charge is 0.326 e. The molecule has 0 bridgehead atoms. The summed E-state index contributed by atoms with van der Waals surface area (Å²) in [5.74, 6) is 2.07. The third-order valence-corrected chi connectivity index (χ3v) is 6.06. The smallest absolute Gasteiger partial charge is 0.321 e. The number of H-pyrrole nitrogens is 1. The molecule has 8 heteroatoms. The lowest BCUT2D eigenvalue weighted by Crippen LogP contribution is -2.43. The van der Waals surface area contributed by atoms with Crippen molar-refractivity contribution in [1.82, 2.24) is 20.1 Å².